The zero-order valence-corrected chi connectivity index (χ0v) is 24.2. The molecule has 1 aliphatic rings. The minimum Gasteiger partial charge on any atom is -0.247 e. The fraction of sp³-hybridized carbons (Fsp3) is 0.0714. The maximum absolute atomic E-state index is 5.29. The molecule has 0 fully saturated rings. The van der Waals surface area contributed by atoms with Gasteiger partial charge < -0.3 is 0 Å². The van der Waals surface area contributed by atoms with Crippen molar-refractivity contribution in [3.63, 3.8) is 0 Å². The van der Waals surface area contributed by atoms with Crippen LogP contribution in [0.4, 0.5) is 0 Å². The Labute approximate surface area is 251 Å². The van der Waals surface area contributed by atoms with Gasteiger partial charge in [0.05, 0.1) is 11.2 Å². The van der Waals surface area contributed by atoms with E-state index in [4.69, 9.17) is 4.98 Å². The molecule has 9 rings (SSSR count). The molecule has 1 nitrogen and oxygen atoms in total. The van der Waals surface area contributed by atoms with Gasteiger partial charge in [0.1, 0.15) is 0 Å². The van der Waals surface area contributed by atoms with Crippen LogP contribution in [-0.2, 0) is 5.41 Å². The molecule has 1 heteroatoms. The Morgan fingerprint density at radius 1 is 0.465 bits per heavy atom. The smallest absolute Gasteiger partial charge is 0.0788 e. The molecule has 202 valence electrons. The summed E-state index contributed by atoms with van der Waals surface area (Å²) in [5.41, 5.74) is 11.1. The molecule has 1 aromatic heterocycles. The summed E-state index contributed by atoms with van der Waals surface area (Å²) in [6.45, 7) is 4.74. The zero-order valence-electron chi connectivity index (χ0n) is 24.2. The van der Waals surface area contributed by atoms with E-state index >= 15 is 0 Å². The van der Waals surface area contributed by atoms with Crippen molar-refractivity contribution >= 4 is 43.2 Å². The molecule has 1 aliphatic carbocycles. The van der Waals surface area contributed by atoms with Crippen LogP contribution in [0, 0.1) is 0 Å². The molecule has 0 saturated heterocycles. The Bertz CT molecular complexity index is 2410. The Hall–Kier alpha value is -5.27. The van der Waals surface area contributed by atoms with E-state index in [0.717, 1.165) is 16.8 Å². The summed E-state index contributed by atoms with van der Waals surface area (Å²) in [6.07, 6.45) is 0. The fourth-order valence-corrected chi connectivity index (χ4v) is 7.64. The van der Waals surface area contributed by atoms with Crippen LogP contribution < -0.4 is 0 Å². The lowest BCUT2D eigenvalue weighted by Crippen LogP contribution is -2.15. The average Bonchev–Trinajstić information content (AvgIpc) is 3.30. The van der Waals surface area contributed by atoms with E-state index in [9.17, 15) is 0 Å². The summed E-state index contributed by atoms with van der Waals surface area (Å²) < 4.78 is 0. The third-order valence-corrected chi connectivity index (χ3v) is 9.62. The molecule has 0 unspecified atom stereocenters. The summed E-state index contributed by atoms with van der Waals surface area (Å²) in [6, 6.07) is 50.9. The van der Waals surface area contributed by atoms with Crippen LogP contribution in [-0.4, -0.2) is 4.98 Å². The topological polar surface area (TPSA) is 12.9 Å². The summed E-state index contributed by atoms with van der Waals surface area (Å²) in [5, 5.41) is 8.88. The monoisotopic (exact) mass is 547 g/mol. The number of benzene rings is 7. The van der Waals surface area contributed by atoms with Gasteiger partial charge in [0.2, 0.25) is 0 Å². The summed E-state index contributed by atoms with van der Waals surface area (Å²) in [5.74, 6) is 0. The number of para-hydroxylation sites is 1. The van der Waals surface area contributed by atoms with E-state index in [1.54, 1.807) is 0 Å². The van der Waals surface area contributed by atoms with Crippen molar-refractivity contribution in [2.24, 2.45) is 0 Å². The molecule has 0 atom stereocenters. The standard InChI is InChI=1S/C42H29N/c1-42(2)37-17-9-7-15-32(37)33-23-24-35-39(40(33)42)34-16-8-10-18-38(34)43-41(35)27-21-19-26(20-22-27)36-25-28-11-3-4-12-29(28)30-13-5-6-14-31(30)36/h3-25H,1-2H3. The molecule has 0 bridgehead atoms. The molecule has 0 aliphatic heterocycles. The maximum Gasteiger partial charge on any atom is 0.0788 e. The summed E-state index contributed by atoms with van der Waals surface area (Å²) in [4.78, 5) is 5.29. The lowest BCUT2D eigenvalue weighted by atomic mass is 9.79. The van der Waals surface area contributed by atoms with E-state index in [0.29, 0.717) is 0 Å². The summed E-state index contributed by atoms with van der Waals surface area (Å²) in [7, 11) is 0. The summed E-state index contributed by atoms with van der Waals surface area (Å²) >= 11 is 0. The number of hydrogen-bond donors (Lipinski definition) is 0. The number of pyridine rings is 1. The van der Waals surface area contributed by atoms with E-state index in [1.165, 1.54) is 71.1 Å². The van der Waals surface area contributed by atoms with Crippen molar-refractivity contribution in [3.05, 3.63) is 151 Å². The molecular weight excluding hydrogens is 518 g/mol. The maximum atomic E-state index is 5.29. The van der Waals surface area contributed by atoms with Gasteiger partial charge in [-0.1, -0.05) is 141 Å². The van der Waals surface area contributed by atoms with Crippen LogP contribution in [0.2, 0.25) is 0 Å². The molecule has 43 heavy (non-hydrogen) atoms. The molecule has 0 radical (unpaired) electrons. The number of rotatable bonds is 2. The van der Waals surface area contributed by atoms with Gasteiger partial charge in [0.15, 0.2) is 0 Å². The van der Waals surface area contributed by atoms with Gasteiger partial charge in [0.25, 0.3) is 0 Å². The highest BCUT2D eigenvalue weighted by molar-refractivity contribution is 6.16. The predicted molar refractivity (Wildman–Crippen MR) is 183 cm³/mol. The molecule has 8 aromatic rings. The average molecular weight is 548 g/mol. The molecule has 1 heterocycles. The second kappa shape index (κ2) is 8.86. The van der Waals surface area contributed by atoms with Crippen molar-refractivity contribution < 1.29 is 0 Å². The Balaban J connectivity index is 1.27. The fourth-order valence-electron chi connectivity index (χ4n) is 7.64. The van der Waals surface area contributed by atoms with Crippen LogP contribution in [0.15, 0.2) is 140 Å². The highest BCUT2D eigenvalue weighted by Crippen LogP contribution is 2.53. The van der Waals surface area contributed by atoms with E-state index in [1.807, 2.05) is 0 Å². The van der Waals surface area contributed by atoms with Gasteiger partial charge >= 0.3 is 0 Å². The highest BCUT2D eigenvalue weighted by Gasteiger charge is 2.37. The van der Waals surface area contributed by atoms with Gasteiger partial charge in [-0.3, -0.25) is 0 Å². The predicted octanol–water partition coefficient (Wildman–Crippen LogP) is 11.3. The third-order valence-electron chi connectivity index (χ3n) is 9.62. The third kappa shape index (κ3) is 3.43. The van der Waals surface area contributed by atoms with Crippen LogP contribution in [0.5, 0.6) is 0 Å². The molecule has 0 saturated carbocycles. The van der Waals surface area contributed by atoms with Gasteiger partial charge in [-0.2, -0.15) is 0 Å². The zero-order chi connectivity index (χ0) is 28.7. The molecule has 0 amide bonds. The number of nitrogens with zero attached hydrogens (tertiary/aromatic N) is 1. The quantitative estimate of drug-likeness (QED) is 0.196. The van der Waals surface area contributed by atoms with Gasteiger partial charge in [-0.05, 0) is 72.4 Å². The van der Waals surface area contributed by atoms with E-state index < -0.39 is 0 Å². The molecular formula is C42H29N. The second-order valence-electron chi connectivity index (χ2n) is 12.3. The van der Waals surface area contributed by atoms with Crippen LogP contribution in [0.25, 0.3) is 76.7 Å². The van der Waals surface area contributed by atoms with Crippen LogP contribution in [0.3, 0.4) is 0 Å². The van der Waals surface area contributed by atoms with Crippen LogP contribution in [0.1, 0.15) is 25.0 Å². The minimum absolute atomic E-state index is 0.103. The second-order valence-corrected chi connectivity index (χ2v) is 12.3. The molecule has 7 aromatic carbocycles. The van der Waals surface area contributed by atoms with Gasteiger partial charge in [-0.15, -0.1) is 0 Å². The first-order valence-electron chi connectivity index (χ1n) is 15.1. The van der Waals surface area contributed by atoms with Crippen molar-refractivity contribution in [2.45, 2.75) is 19.3 Å². The molecule has 0 N–H and O–H groups in total. The Kier molecular flexibility index (Phi) is 5.02. The van der Waals surface area contributed by atoms with Crippen molar-refractivity contribution in [3.8, 4) is 33.5 Å². The van der Waals surface area contributed by atoms with Crippen molar-refractivity contribution in [2.75, 3.05) is 0 Å². The van der Waals surface area contributed by atoms with E-state index in [2.05, 4.69) is 153 Å². The van der Waals surface area contributed by atoms with Gasteiger partial charge in [-0.25, -0.2) is 4.98 Å². The number of hydrogen-bond acceptors (Lipinski definition) is 1. The largest absolute Gasteiger partial charge is 0.247 e. The Morgan fingerprint density at radius 2 is 1.12 bits per heavy atom. The van der Waals surface area contributed by atoms with Gasteiger partial charge in [0, 0.05) is 21.8 Å². The van der Waals surface area contributed by atoms with E-state index in [-0.39, 0.29) is 5.41 Å². The number of fused-ring (bicyclic) bond motifs is 10. The normalized spacial score (nSPS) is 13.5. The van der Waals surface area contributed by atoms with Crippen molar-refractivity contribution in [1.29, 1.82) is 0 Å². The lowest BCUT2D eigenvalue weighted by molar-refractivity contribution is 0.666. The lowest BCUT2D eigenvalue weighted by Gasteiger charge is -2.24. The number of aromatic nitrogens is 1. The minimum atomic E-state index is -0.103. The SMILES string of the molecule is CC1(C)c2ccccc2-c2ccc3c(-c4ccc(-c5cc6ccccc6c6ccccc56)cc4)nc4ccccc4c3c21. The van der Waals surface area contributed by atoms with Crippen molar-refractivity contribution in [1.82, 2.24) is 4.98 Å². The molecule has 0 spiro atoms. The Morgan fingerprint density at radius 3 is 1.95 bits per heavy atom. The first-order chi connectivity index (χ1) is 21.1. The first-order valence-corrected chi connectivity index (χ1v) is 15.1. The van der Waals surface area contributed by atoms with Crippen LogP contribution >= 0.6 is 0 Å². The highest BCUT2D eigenvalue weighted by atomic mass is 14.7. The first kappa shape index (κ1) is 24.3.